The van der Waals surface area contributed by atoms with Crippen LogP contribution in [0, 0.1) is 39.8 Å². The third kappa shape index (κ3) is 5.13. The van der Waals surface area contributed by atoms with Gasteiger partial charge in [-0.25, -0.2) is 0 Å². The SMILES string of the molecule is CCn1cnc([S-](#[U])N2CCC(C(=O)NCCc3nc4ccc(C)cc4[nH]3)CC2)c1. The molecule has 4 rings (SSSR count). The number of carbonyl (C=O) groups is 1. The van der Waals surface area contributed by atoms with Crippen molar-refractivity contribution in [2.24, 2.45) is 5.92 Å². The maximum atomic E-state index is 12.6. The maximum absolute atomic E-state index is 12.6. The van der Waals surface area contributed by atoms with Crippen LogP contribution in [0.3, 0.4) is 0 Å². The van der Waals surface area contributed by atoms with E-state index in [2.05, 4.69) is 61.3 Å². The molecule has 2 N–H and O–H groups in total. The summed E-state index contributed by atoms with van der Waals surface area (Å²) in [5.41, 5.74) is 3.26. The number of hydrogen-bond donors (Lipinski definition) is 2. The zero-order valence-corrected chi connectivity index (χ0v) is 22.5. The number of aromatic amines is 1. The number of H-pyrrole nitrogens is 1. The van der Waals surface area contributed by atoms with Crippen LogP contribution in [0.4, 0.5) is 0 Å². The van der Waals surface area contributed by atoms with Crippen molar-refractivity contribution in [3.05, 3.63) is 42.1 Å². The van der Waals surface area contributed by atoms with E-state index in [1.165, 1.54) is 10.6 Å². The molecule has 0 spiro atoms. The molecule has 1 aliphatic rings. The molecule has 2 aromatic heterocycles. The molecule has 7 nitrogen and oxygen atoms in total. The molecule has 3 aromatic rings. The molecule has 1 aliphatic heterocycles. The summed E-state index contributed by atoms with van der Waals surface area (Å²) in [6, 6.07) is 6.21. The standard InChI is InChI=1S/C21H28N6OS.U/c1-3-26-13-20(23-14-26)29-27-10-7-16(8-11-27)21(28)22-9-6-19-24-17-5-4-15(2)12-18(17)25-19;/h4-5,12-14,16H,3,6-11H2,1-2H3,(H,22,28)(H,24,25);/q;-1. The second-order valence-corrected chi connectivity index (χ2v) is 14.1. The predicted molar refractivity (Wildman–Crippen MR) is 115 cm³/mol. The number of carbonyl (C=O) groups excluding carboxylic acids is 1. The molecule has 1 fully saturated rings. The summed E-state index contributed by atoms with van der Waals surface area (Å²) in [4.78, 5) is 25.2. The molecular formula is C21H28N6OSU-. The number of amides is 1. The van der Waals surface area contributed by atoms with Crippen LogP contribution < -0.4 is 5.32 Å². The Balaban J connectivity index is 1.23. The number of aromatic nitrogens is 4. The van der Waals surface area contributed by atoms with Crippen LogP contribution in [0.5, 0.6) is 0 Å². The third-order valence-corrected chi connectivity index (χ3v) is 12.9. The van der Waals surface area contributed by atoms with E-state index in [4.69, 9.17) is 0 Å². The summed E-state index contributed by atoms with van der Waals surface area (Å²) < 4.78 is 4.68. The number of imidazole rings is 2. The first-order chi connectivity index (χ1) is 14.5. The molecular weight excluding hydrogens is 622 g/mol. The van der Waals surface area contributed by atoms with Gasteiger partial charge in [-0.1, -0.05) is 6.07 Å². The van der Waals surface area contributed by atoms with Gasteiger partial charge in [0.25, 0.3) is 0 Å². The first-order valence-electron chi connectivity index (χ1n) is 10.5. The van der Waals surface area contributed by atoms with Crippen LogP contribution in [-0.2, 0) is 23.9 Å². The predicted octanol–water partition coefficient (Wildman–Crippen LogP) is 2.52. The van der Waals surface area contributed by atoms with Crippen LogP contribution in [0.1, 0.15) is 31.2 Å². The first-order valence-corrected chi connectivity index (χ1v) is 16.8. The Bertz CT molecular complexity index is 1110. The Morgan fingerprint density at radius 2 is 2.17 bits per heavy atom. The topological polar surface area (TPSA) is 78.8 Å². The van der Waals surface area contributed by atoms with Crippen molar-refractivity contribution in [2.75, 3.05) is 19.6 Å². The van der Waals surface area contributed by atoms with Gasteiger partial charge >= 0.3 is 166 Å². The summed E-state index contributed by atoms with van der Waals surface area (Å²) in [6.45, 7) is 7.77. The molecule has 0 bridgehead atoms. The molecule has 30 heavy (non-hydrogen) atoms. The molecule has 159 valence electrons. The quantitative estimate of drug-likeness (QED) is 0.417. The van der Waals surface area contributed by atoms with Gasteiger partial charge in [-0.15, -0.1) is 0 Å². The Morgan fingerprint density at radius 3 is 2.90 bits per heavy atom. The van der Waals surface area contributed by atoms with E-state index >= 15 is 0 Å². The van der Waals surface area contributed by atoms with Crippen molar-refractivity contribution >= 4 is 23.0 Å². The van der Waals surface area contributed by atoms with Gasteiger partial charge in [0.15, 0.2) is 0 Å². The van der Waals surface area contributed by atoms with Crippen molar-refractivity contribution in [2.45, 2.75) is 44.7 Å². The van der Waals surface area contributed by atoms with Crippen LogP contribution in [0.2, 0.25) is 0 Å². The van der Waals surface area contributed by atoms with E-state index in [-0.39, 0.29) is 17.9 Å². The van der Waals surface area contributed by atoms with Crippen molar-refractivity contribution in [3.8, 4) is 0 Å². The van der Waals surface area contributed by atoms with Crippen LogP contribution in [-0.4, -0.2) is 49.4 Å². The van der Waals surface area contributed by atoms with Crippen molar-refractivity contribution in [3.63, 3.8) is 0 Å². The molecule has 0 radical (unpaired) electrons. The number of nitrogens with zero attached hydrogens (tertiary/aromatic N) is 4. The molecule has 1 saturated heterocycles. The van der Waals surface area contributed by atoms with E-state index in [1.807, 2.05) is 12.4 Å². The molecule has 0 saturated carbocycles. The van der Waals surface area contributed by atoms with Crippen molar-refractivity contribution in [1.82, 2.24) is 29.1 Å². The van der Waals surface area contributed by atoms with Gasteiger partial charge in [0.1, 0.15) is 0 Å². The summed E-state index contributed by atoms with van der Waals surface area (Å²) in [7, 11) is 0. The number of nitrogens with one attached hydrogen (secondary N) is 2. The molecule has 3 heterocycles. The summed E-state index contributed by atoms with van der Waals surface area (Å²) in [5, 5.41) is 4.34. The fraction of sp³-hybridized carbons (Fsp3) is 0.476. The first kappa shape index (κ1) is 21.9. The summed E-state index contributed by atoms with van der Waals surface area (Å²) in [6.07, 6.45) is 6.86. The zero-order chi connectivity index (χ0) is 21.1. The molecule has 0 atom stereocenters. The van der Waals surface area contributed by atoms with Gasteiger partial charge in [-0.2, -0.15) is 0 Å². The van der Waals surface area contributed by atoms with E-state index in [9.17, 15) is 4.79 Å². The number of rotatable bonds is 5. The summed E-state index contributed by atoms with van der Waals surface area (Å²) in [5.74, 6) is 1.24. The van der Waals surface area contributed by atoms with Gasteiger partial charge in [0.05, 0.1) is 0 Å². The number of hydrogen-bond acceptors (Lipinski definition) is 5. The minimum absolute atomic E-state index is 0.120. The van der Waals surface area contributed by atoms with Crippen LogP contribution in [0.15, 0.2) is 35.7 Å². The van der Waals surface area contributed by atoms with E-state index in [0.717, 1.165) is 82.7 Å². The average Bonchev–Trinajstić information content (AvgIpc) is 3.39. The Morgan fingerprint density at radius 1 is 1.37 bits per heavy atom. The second kappa shape index (κ2) is 9.90. The van der Waals surface area contributed by atoms with Gasteiger partial charge < -0.3 is 0 Å². The molecule has 0 unspecified atom stereocenters. The minimum atomic E-state index is 0.120. The third-order valence-electron chi connectivity index (χ3n) is 5.60. The normalized spacial score (nSPS) is 15.9. The second-order valence-electron chi connectivity index (χ2n) is 7.78. The number of piperidine rings is 1. The number of aryl methyl sites for hydroxylation is 2. The van der Waals surface area contributed by atoms with Crippen LogP contribution in [0.25, 0.3) is 11.0 Å². The van der Waals surface area contributed by atoms with E-state index < -0.39 is 0 Å². The molecule has 1 amide bonds. The van der Waals surface area contributed by atoms with Gasteiger partial charge in [0, 0.05) is 0 Å². The Hall–Kier alpha value is -1.27. The molecule has 9 heteroatoms. The molecule has 0 aliphatic carbocycles. The van der Waals surface area contributed by atoms with E-state index in [1.54, 1.807) is 0 Å². The monoisotopic (exact) mass is 650 g/mol. The van der Waals surface area contributed by atoms with Gasteiger partial charge in [-0.3, -0.25) is 0 Å². The summed E-state index contributed by atoms with van der Waals surface area (Å²) >= 11 is 0.827. The molecule has 1 aromatic carbocycles. The zero-order valence-electron chi connectivity index (χ0n) is 17.5. The fourth-order valence-electron chi connectivity index (χ4n) is 3.79. The average molecular weight is 651 g/mol. The van der Waals surface area contributed by atoms with Crippen molar-refractivity contribution < 1.29 is 31.7 Å². The van der Waals surface area contributed by atoms with Crippen molar-refractivity contribution in [1.29, 1.82) is 0 Å². The number of benzene rings is 1. The fourth-order valence-corrected chi connectivity index (χ4v) is 8.61. The Kier molecular flexibility index (Phi) is 7.24. The van der Waals surface area contributed by atoms with Crippen LogP contribution >= 0.6 is 0 Å². The van der Waals surface area contributed by atoms with Gasteiger partial charge in [0.2, 0.25) is 0 Å². The van der Waals surface area contributed by atoms with Gasteiger partial charge in [-0.05, 0) is 24.6 Å². The van der Waals surface area contributed by atoms with E-state index in [0.29, 0.717) is 6.54 Å². The number of fused-ring (bicyclic) bond motifs is 1. The Labute approximate surface area is 195 Å².